The number of piperidine rings is 1. The van der Waals surface area contributed by atoms with E-state index in [1.54, 1.807) is 31.3 Å². The molecule has 0 aliphatic carbocycles. The van der Waals surface area contributed by atoms with Crippen LogP contribution >= 0.6 is 0 Å². The number of amides is 6. The number of ether oxygens (including phenoxy) is 2. The largest absolute Gasteiger partial charge is 0.378 e. The predicted octanol–water partition coefficient (Wildman–Crippen LogP) is -0.759. The number of anilines is 1. The lowest BCUT2D eigenvalue weighted by Crippen LogP contribution is -2.54. The highest BCUT2D eigenvalue weighted by Gasteiger charge is 2.45. The van der Waals surface area contributed by atoms with Crippen LogP contribution in [0.2, 0.25) is 0 Å². The van der Waals surface area contributed by atoms with Gasteiger partial charge in [-0.05, 0) is 30.7 Å². The third-order valence-electron chi connectivity index (χ3n) is 7.12. The topological polar surface area (TPSA) is 207 Å². The Labute approximate surface area is 255 Å². The first kappa shape index (κ1) is 31.1. The molecule has 2 aliphatic heterocycles. The molecule has 5 rings (SSSR count). The van der Waals surface area contributed by atoms with Gasteiger partial charge in [0.05, 0.1) is 47.7 Å². The number of rotatable bonds is 12. The number of imide groups is 2. The van der Waals surface area contributed by atoms with E-state index in [0.717, 1.165) is 4.90 Å². The SMILES string of the molecule is Cn1c(=O)c(C(=O)NNCCOCCOCC(=O)Nc2cccc3c2C(=O)N(C2CCC(=O)NC2=O)C3=O)nc2ccccc21. The molecule has 2 aromatic carbocycles. The van der Waals surface area contributed by atoms with Crippen LogP contribution < -0.4 is 27.0 Å². The number of aromatic nitrogens is 2. The van der Waals surface area contributed by atoms with Crippen LogP contribution in [-0.2, 0) is 30.9 Å². The van der Waals surface area contributed by atoms with Crippen molar-refractivity contribution in [1.29, 1.82) is 0 Å². The summed E-state index contributed by atoms with van der Waals surface area (Å²) in [4.78, 5) is 92.1. The van der Waals surface area contributed by atoms with Crippen molar-refractivity contribution in [3.8, 4) is 0 Å². The maximum atomic E-state index is 13.1. The third kappa shape index (κ3) is 6.62. The summed E-state index contributed by atoms with van der Waals surface area (Å²) in [5.41, 5.74) is 5.49. The Bertz CT molecular complexity index is 1770. The summed E-state index contributed by atoms with van der Waals surface area (Å²) < 4.78 is 12.1. The van der Waals surface area contributed by atoms with E-state index in [0.29, 0.717) is 11.0 Å². The molecule has 45 heavy (non-hydrogen) atoms. The van der Waals surface area contributed by atoms with Crippen LogP contribution in [0.5, 0.6) is 0 Å². The molecular formula is C29H29N7O9. The number of carbonyl (C=O) groups is 6. The Morgan fingerprint density at radius 2 is 1.76 bits per heavy atom. The first-order valence-corrected chi connectivity index (χ1v) is 14.0. The van der Waals surface area contributed by atoms with E-state index in [4.69, 9.17) is 9.47 Å². The van der Waals surface area contributed by atoms with Crippen molar-refractivity contribution in [1.82, 2.24) is 30.6 Å². The molecule has 6 amide bonds. The van der Waals surface area contributed by atoms with Gasteiger partial charge in [-0.1, -0.05) is 18.2 Å². The highest BCUT2D eigenvalue weighted by molar-refractivity contribution is 6.26. The number of para-hydroxylation sites is 2. The molecule has 4 N–H and O–H groups in total. The summed E-state index contributed by atoms with van der Waals surface area (Å²) in [6.07, 6.45) is 0.0101. The maximum absolute atomic E-state index is 13.1. The second-order valence-corrected chi connectivity index (χ2v) is 10.1. The lowest BCUT2D eigenvalue weighted by Gasteiger charge is -2.27. The van der Waals surface area contributed by atoms with Gasteiger partial charge in [0.2, 0.25) is 17.7 Å². The Kier molecular flexibility index (Phi) is 9.36. The number of fused-ring (bicyclic) bond motifs is 2. The van der Waals surface area contributed by atoms with Crippen LogP contribution in [0.3, 0.4) is 0 Å². The van der Waals surface area contributed by atoms with Crippen molar-refractivity contribution in [2.45, 2.75) is 18.9 Å². The van der Waals surface area contributed by atoms with E-state index < -0.39 is 47.0 Å². The van der Waals surface area contributed by atoms with Gasteiger partial charge >= 0.3 is 0 Å². The average molecular weight is 620 g/mol. The highest BCUT2D eigenvalue weighted by Crippen LogP contribution is 2.32. The van der Waals surface area contributed by atoms with E-state index in [-0.39, 0.29) is 68.3 Å². The van der Waals surface area contributed by atoms with Gasteiger partial charge in [-0.25, -0.2) is 10.4 Å². The zero-order valence-corrected chi connectivity index (χ0v) is 24.1. The predicted molar refractivity (Wildman–Crippen MR) is 156 cm³/mol. The van der Waals surface area contributed by atoms with Gasteiger partial charge in [0.15, 0.2) is 5.69 Å². The molecule has 1 atom stereocenters. The minimum atomic E-state index is -1.12. The van der Waals surface area contributed by atoms with Crippen LogP contribution in [0.15, 0.2) is 47.3 Å². The molecule has 16 nitrogen and oxygen atoms in total. The van der Waals surface area contributed by atoms with Gasteiger partial charge in [0, 0.05) is 20.0 Å². The number of nitrogens with zero attached hydrogens (tertiary/aromatic N) is 3. The molecule has 0 spiro atoms. The number of hydrazine groups is 1. The summed E-state index contributed by atoms with van der Waals surface area (Å²) >= 11 is 0. The summed E-state index contributed by atoms with van der Waals surface area (Å²) in [6, 6.07) is 10.2. The molecule has 0 bridgehead atoms. The minimum absolute atomic E-state index is 0.00627. The smallest absolute Gasteiger partial charge is 0.289 e. The van der Waals surface area contributed by atoms with Crippen LogP contribution in [0.4, 0.5) is 5.69 Å². The summed E-state index contributed by atoms with van der Waals surface area (Å²) in [5.74, 6) is -3.90. The molecule has 2 aliphatic rings. The number of nitrogens with one attached hydrogen (secondary N) is 4. The molecule has 16 heteroatoms. The highest BCUT2D eigenvalue weighted by atomic mass is 16.5. The van der Waals surface area contributed by atoms with Crippen LogP contribution in [0.1, 0.15) is 44.0 Å². The fourth-order valence-corrected chi connectivity index (χ4v) is 4.94. The van der Waals surface area contributed by atoms with Crippen LogP contribution in [0, 0.1) is 0 Å². The van der Waals surface area contributed by atoms with Crippen molar-refractivity contribution in [3.05, 3.63) is 69.6 Å². The molecule has 1 saturated heterocycles. The zero-order chi connectivity index (χ0) is 32.1. The summed E-state index contributed by atoms with van der Waals surface area (Å²) in [5, 5.41) is 4.69. The monoisotopic (exact) mass is 619 g/mol. The first-order chi connectivity index (χ1) is 21.7. The van der Waals surface area contributed by atoms with Crippen LogP contribution in [0.25, 0.3) is 11.0 Å². The Balaban J connectivity index is 1.01. The Hall–Kier alpha value is -5.32. The van der Waals surface area contributed by atoms with E-state index in [1.807, 2.05) is 0 Å². The second kappa shape index (κ2) is 13.5. The van der Waals surface area contributed by atoms with Crippen molar-refractivity contribution >= 4 is 52.2 Å². The Morgan fingerprint density at radius 1 is 0.978 bits per heavy atom. The van der Waals surface area contributed by atoms with Crippen molar-refractivity contribution in [2.75, 3.05) is 38.3 Å². The molecule has 0 radical (unpaired) electrons. The normalized spacial score (nSPS) is 16.1. The molecule has 3 heterocycles. The second-order valence-electron chi connectivity index (χ2n) is 10.1. The van der Waals surface area contributed by atoms with Gasteiger partial charge in [-0.15, -0.1) is 0 Å². The van der Waals surface area contributed by atoms with Gasteiger partial charge in [0.1, 0.15) is 12.6 Å². The fourth-order valence-electron chi connectivity index (χ4n) is 4.94. The molecule has 1 fully saturated rings. The van der Waals surface area contributed by atoms with Gasteiger partial charge in [0.25, 0.3) is 23.3 Å². The molecule has 1 aromatic heterocycles. The first-order valence-electron chi connectivity index (χ1n) is 14.0. The van der Waals surface area contributed by atoms with Crippen LogP contribution in [-0.4, -0.2) is 88.9 Å². The maximum Gasteiger partial charge on any atom is 0.289 e. The summed E-state index contributed by atoms with van der Waals surface area (Å²) in [6.45, 7) is 0.208. The molecule has 3 aromatic rings. The van der Waals surface area contributed by atoms with Crippen molar-refractivity contribution < 1.29 is 38.2 Å². The molecule has 234 valence electrons. The minimum Gasteiger partial charge on any atom is -0.378 e. The standard InChI is InChI=1S/C29H29N7O9/c1-35-19-8-3-2-6-17(19)32-24(29(35)43)26(40)34-30-11-12-44-13-14-45-15-22(38)31-18-7-4-5-16-23(18)28(42)36(27(16)41)20-9-10-21(37)33-25(20)39/h2-8,20,30H,9-15H2,1H3,(H,31,38)(H,34,40)(H,33,37,39). The molecular weight excluding hydrogens is 590 g/mol. The fraction of sp³-hybridized carbons (Fsp3) is 0.310. The lowest BCUT2D eigenvalue weighted by atomic mass is 10.0. The number of hydrogen-bond acceptors (Lipinski definition) is 11. The lowest BCUT2D eigenvalue weighted by molar-refractivity contribution is -0.136. The van der Waals surface area contributed by atoms with E-state index in [1.165, 1.54) is 22.8 Å². The van der Waals surface area contributed by atoms with E-state index in [9.17, 15) is 33.6 Å². The summed E-state index contributed by atoms with van der Waals surface area (Å²) in [7, 11) is 1.56. The van der Waals surface area contributed by atoms with Gasteiger partial charge in [-0.3, -0.25) is 49.2 Å². The number of aryl methyl sites for hydroxylation is 1. The molecule has 1 unspecified atom stereocenters. The number of benzene rings is 2. The Morgan fingerprint density at radius 3 is 2.56 bits per heavy atom. The quantitative estimate of drug-likeness (QED) is 0.113. The van der Waals surface area contributed by atoms with Crippen molar-refractivity contribution in [2.24, 2.45) is 7.05 Å². The van der Waals surface area contributed by atoms with Crippen molar-refractivity contribution in [3.63, 3.8) is 0 Å². The van der Waals surface area contributed by atoms with E-state index in [2.05, 4.69) is 26.5 Å². The van der Waals surface area contributed by atoms with E-state index >= 15 is 0 Å². The zero-order valence-electron chi connectivity index (χ0n) is 24.1. The van der Waals surface area contributed by atoms with Gasteiger partial charge < -0.3 is 19.4 Å². The average Bonchev–Trinajstić information content (AvgIpc) is 3.27. The molecule has 0 saturated carbocycles. The van der Waals surface area contributed by atoms with Gasteiger partial charge in [-0.2, -0.15) is 0 Å². The number of carbonyl (C=O) groups excluding carboxylic acids is 6. The number of hydrogen-bond donors (Lipinski definition) is 4. The third-order valence-corrected chi connectivity index (χ3v) is 7.12.